The molecule has 0 bridgehead atoms. The quantitative estimate of drug-likeness (QED) is 0.748. The molecule has 0 amide bonds. The lowest BCUT2D eigenvalue weighted by molar-refractivity contribution is 0.533. The fourth-order valence-corrected chi connectivity index (χ4v) is 3.53. The van der Waals surface area contributed by atoms with Gasteiger partial charge < -0.3 is 5.32 Å². The normalized spacial score (nSPS) is 18.4. The summed E-state index contributed by atoms with van der Waals surface area (Å²) in [5.74, 6) is 1.12. The Morgan fingerprint density at radius 2 is 1.81 bits per heavy atom. The minimum atomic E-state index is -2.83. The first-order chi connectivity index (χ1) is 7.49. The number of sulfone groups is 1. The maximum atomic E-state index is 11.7. The SMILES string of the molecule is CC(C)CCS(=O)(=O)CCNC1CCCC1. The monoisotopic (exact) mass is 247 g/mol. The molecule has 1 rings (SSSR count). The molecular weight excluding hydrogens is 222 g/mol. The van der Waals surface area contributed by atoms with Crippen LogP contribution in [0.2, 0.25) is 0 Å². The van der Waals surface area contributed by atoms with Crippen LogP contribution in [0.5, 0.6) is 0 Å². The molecule has 1 saturated carbocycles. The molecule has 0 atom stereocenters. The molecule has 1 N–H and O–H groups in total. The van der Waals surface area contributed by atoms with Gasteiger partial charge in [0, 0.05) is 12.6 Å². The van der Waals surface area contributed by atoms with Crippen molar-refractivity contribution in [3.8, 4) is 0 Å². The standard InChI is InChI=1S/C12H25NO2S/c1-11(2)7-9-16(14,15)10-8-13-12-5-3-4-6-12/h11-13H,3-10H2,1-2H3. The molecule has 3 nitrogen and oxygen atoms in total. The summed E-state index contributed by atoms with van der Waals surface area (Å²) in [5.41, 5.74) is 0. The van der Waals surface area contributed by atoms with Crippen LogP contribution in [0.15, 0.2) is 0 Å². The summed E-state index contributed by atoms with van der Waals surface area (Å²) >= 11 is 0. The predicted octanol–water partition coefficient (Wildman–Crippen LogP) is 1.98. The minimum absolute atomic E-state index is 0.302. The van der Waals surface area contributed by atoms with Gasteiger partial charge >= 0.3 is 0 Å². The predicted molar refractivity (Wildman–Crippen MR) is 68.4 cm³/mol. The van der Waals surface area contributed by atoms with Crippen LogP contribution in [-0.4, -0.2) is 32.5 Å². The molecule has 0 aliphatic heterocycles. The van der Waals surface area contributed by atoms with E-state index >= 15 is 0 Å². The van der Waals surface area contributed by atoms with E-state index in [-0.39, 0.29) is 0 Å². The highest BCUT2D eigenvalue weighted by molar-refractivity contribution is 7.91. The van der Waals surface area contributed by atoms with Crippen molar-refractivity contribution in [2.75, 3.05) is 18.1 Å². The van der Waals surface area contributed by atoms with Gasteiger partial charge in [0.1, 0.15) is 0 Å². The van der Waals surface area contributed by atoms with Gasteiger partial charge in [0.15, 0.2) is 9.84 Å². The first kappa shape index (κ1) is 14.0. The van der Waals surface area contributed by atoms with Crippen molar-refractivity contribution >= 4 is 9.84 Å². The molecule has 1 aliphatic rings. The summed E-state index contributed by atoms with van der Waals surface area (Å²) in [7, 11) is -2.83. The summed E-state index contributed by atoms with van der Waals surface area (Å²) in [6, 6.07) is 0.570. The Bertz CT molecular complexity index is 279. The zero-order chi connectivity index (χ0) is 12.0. The molecule has 0 aromatic rings. The van der Waals surface area contributed by atoms with Crippen molar-refractivity contribution in [1.82, 2.24) is 5.32 Å². The van der Waals surface area contributed by atoms with Crippen LogP contribution < -0.4 is 5.32 Å². The number of nitrogens with one attached hydrogen (secondary N) is 1. The maximum absolute atomic E-state index is 11.7. The van der Waals surface area contributed by atoms with Gasteiger partial charge in [-0.2, -0.15) is 0 Å². The van der Waals surface area contributed by atoms with E-state index in [9.17, 15) is 8.42 Å². The van der Waals surface area contributed by atoms with Crippen LogP contribution in [0.25, 0.3) is 0 Å². The van der Waals surface area contributed by atoms with Crippen LogP contribution in [-0.2, 0) is 9.84 Å². The van der Waals surface area contributed by atoms with E-state index < -0.39 is 9.84 Å². The molecular formula is C12H25NO2S. The Balaban J connectivity index is 2.14. The lowest BCUT2D eigenvalue weighted by Gasteiger charge is -2.12. The van der Waals surface area contributed by atoms with Crippen molar-refractivity contribution in [2.45, 2.75) is 52.0 Å². The van der Waals surface area contributed by atoms with E-state index in [4.69, 9.17) is 0 Å². The van der Waals surface area contributed by atoms with Crippen LogP contribution >= 0.6 is 0 Å². The van der Waals surface area contributed by atoms with Gasteiger partial charge in [-0.3, -0.25) is 0 Å². The fraction of sp³-hybridized carbons (Fsp3) is 1.00. The number of hydrogen-bond donors (Lipinski definition) is 1. The summed E-state index contributed by atoms with van der Waals surface area (Å²) in [6.07, 6.45) is 5.79. The molecule has 96 valence electrons. The summed E-state index contributed by atoms with van der Waals surface area (Å²) < 4.78 is 23.3. The molecule has 0 saturated heterocycles. The molecule has 0 aromatic heterocycles. The largest absolute Gasteiger partial charge is 0.313 e. The Kier molecular flexibility index (Phi) is 5.76. The van der Waals surface area contributed by atoms with E-state index in [0.29, 0.717) is 30.0 Å². The van der Waals surface area contributed by atoms with Gasteiger partial charge in [0.25, 0.3) is 0 Å². The molecule has 4 heteroatoms. The maximum Gasteiger partial charge on any atom is 0.151 e. The first-order valence-electron chi connectivity index (χ1n) is 6.43. The third-order valence-corrected chi connectivity index (χ3v) is 4.89. The zero-order valence-corrected chi connectivity index (χ0v) is 11.4. The van der Waals surface area contributed by atoms with Crippen LogP contribution in [0.1, 0.15) is 46.0 Å². The second kappa shape index (κ2) is 6.60. The van der Waals surface area contributed by atoms with Crippen molar-refractivity contribution in [3.05, 3.63) is 0 Å². The summed E-state index contributed by atoms with van der Waals surface area (Å²) in [5, 5.41) is 3.35. The molecule has 1 fully saturated rings. The fourth-order valence-electron chi connectivity index (χ4n) is 2.07. The van der Waals surface area contributed by atoms with Gasteiger partial charge in [-0.25, -0.2) is 8.42 Å². The Morgan fingerprint density at radius 1 is 1.19 bits per heavy atom. The summed E-state index contributed by atoms with van der Waals surface area (Å²) in [4.78, 5) is 0. The third kappa shape index (κ3) is 5.85. The molecule has 16 heavy (non-hydrogen) atoms. The van der Waals surface area contributed by atoms with E-state index in [1.165, 1.54) is 25.7 Å². The van der Waals surface area contributed by atoms with Gasteiger partial charge in [-0.1, -0.05) is 26.7 Å². The van der Waals surface area contributed by atoms with E-state index in [1.807, 2.05) is 0 Å². The van der Waals surface area contributed by atoms with Crippen molar-refractivity contribution in [3.63, 3.8) is 0 Å². The smallest absolute Gasteiger partial charge is 0.151 e. The molecule has 0 spiro atoms. The van der Waals surface area contributed by atoms with Gasteiger partial charge in [-0.05, 0) is 25.2 Å². The Labute approximate surface area is 99.9 Å². The number of hydrogen-bond acceptors (Lipinski definition) is 3. The second-order valence-corrected chi connectivity index (χ2v) is 7.57. The first-order valence-corrected chi connectivity index (χ1v) is 8.25. The number of rotatable bonds is 7. The van der Waals surface area contributed by atoms with Gasteiger partial charge in [0.05, 0.1) is 11.5 Å². The van der Waals surface area contributed by atoms with E-state index in [1.54, 1.807) is 0 Å². The Morgan fingerprint density at radius 3 is 2.38 bits per heavy atom. The Hall–Kier alpha value is -0.0900. The average Bonchev–Trinajstić information content (AvgIpc) is 2.68. The molecule has 0 heterocycles. The van der Waals surface area contributed by atoms with E-state index in [2.05, 4.69) is 19.2 Å². The second-order valence-electron chi connectivity index (χ2n) is 5.27. The van der Waals surface area contributed by atoms with E-state index in [0.717, 1.165) is 6.42 Å². The highest BCUT2D eigenvalue weighted by Gasteiger charge is 2.16. The van der Waals surface area contributed by atoms with Crippen molar-refractivity contribution in [1.29, 1.82) is 0 Å². The van der Waals surface area contributed by atoms with Crippen LogP contribution in [0.3, 0.4) is 0 Å². The van der Waals surface area contributed by atoms with Crippen LogP contribution in [0.4, 0.5) is 0 Å². The highest BCUT2D eigenvalue weighted by atomic mass is 32.2. The summed E-state index contributed by atoms with van der Waals surface area (Å²) in [6.45, 7) is 4.75. The van der Waals surface area contributed by atoms with Crippen molar-refractivity contribution in [2.24, 2.45) is 5.92 Å². The molecule has 0 radical (unpaired) electrons. The lowest BCUT2D eigenvalue weighted by atomic mass is 10.2. The van der Waals surface area contributed by atoms with Crippen LogP contribution in [0, 0.1) is 5.92 Å². The molecule has 0 unspecified atom stereocenters. The third-order valence-electron chi connectivity index (χ3n) is 3.21. The highest BCUT2D eigenvalue weighted by Crippen LogP contribution is 2.17. The minimum Gasteiger partial charge on any atom is -0.313 e. The zero-order valence-electron chi connectivity index (χ0n) is 10.5. The lowest BCUT2D eigenvalue weighted by Crippen LogP contribution is -2.31. The van der Waals surface area contributed by atoms with Gasteiger partial charge in [-0.15, -0.1) is 0 Å². The van der Waals surface area contributed by atoms with Crippen molar-refractivity contribution < 1.29 is 8.42 Å². The molecule has 1 aliphatic carbocycles. The topological polar surface area (TPSA) is 46.2 Å². The van der Waals surface area contributed by atoms with Gasteiger partial charge in [0.2, 0.25) is 0 Å². The molecule has 0 aromatic carbocycles. The average molecular weight is 247 g/mol.